The van der Waals surface area contributed by atoms with Gasteiger partial charge in [0.1, 0.15) is 6.07 Å². The highest BCUT2D eigenvalue weighted by molar-refractivity contribution is 5.93. The second kappa shape index (κ2) is 8.47. The number of likely N-dealkylation sites (N-methyl/N-ethyl adjacent to an activating group) is 1. The molecule has 1 amide bonds. The summed E-state index contributed by atoms with van der Waals surface area (Å²) in [6, 6.07) is 8.95. The second-order valence-electron chi connectivity index (χ2n) is 4.70. The minimum Gasteiger partial charge on any atom is -0.462 e. The van der Waals surface area contributed by atoms with Crippen molar-refractivity contribution in [3.63, 3.8) is 0 Å². The fourth-order valence-electron chi connectivity index (χ4n) is 1.55. The monoisotopic (exact) mass is 301 g/mol. The summed E-state index contributed by atoms with van der Waals surface area (Å²) < 4.78 is 4.76. The van der Waals surface area contributed by atoms with Crippen LogP contribution in [0.25, 0.3) is 0 Å². The van der Waals surface area contributed by atoms with E-state index in [0.29, 0.717) is 12.1 Å². The molecule has 1 aromatic carbocycles. The number of ether oxygens (including phenoxy) is 1. The van der Waals surface area contributed by atoms with E-state index >= 15 is 0 Å². The predicted octanol–water partition coefficient (Wildman–Crippen LogP) is 1.70. The molecule has 0 aliphatic rings. The van der Waals surface area contributed by atoms with Crippen LogP contribution in [0.1, 0.15) is 12.5 Å². The minimum absolute atomic E-state index is 0.0229. The fourth-order valence-corrected chi connectivity index (χ4v) is 1.55. The van der Waals surface area contributed by atoms with Crippen molar-refractivity contribution in [2.45, 2.75) is 13.3 Å². The Bertz CT molecular complexity index is 598. The Hall–Kier alpha value is -2.81. The number of nitrogens with zero attached hydrogens (tertiary/aromatic N) is 2. The van der Waals surface area contributed by atoms with Crippen molar-refractivity contribution in [1.29, 1.82) is 5.26 Å². The molecule has 0 unspecified atom stereocenters. The van der Waals surface area contributed by atoms with Crippen molar-refractivity contribution in [3.05, 3.63) is 41.6 Å². The second-order valence-corrected chi connectivity index (χ2v) is 4.70. The van der Waals surface area contributed by atoms with Crippen LogP contribution in [0.5, 0.6) is 0 Å². The van der Waals surface area contributed by atoms with Gasteiger partial charge in [0.05, 0.1) is 13.0 Å². The average molecular weight is 301 g/mol. The molecule has 0 aromatic heterocycles. The van der Waals surface area contributed by atoms with Gasteiger partial charge in [0.15, 0.2) is 5.57 Å². The third kappa shape index (κ3) is 5.29. The number of carbonyl (C=O) groups is 2. The van der Waals surface area contributed by atoms with E-state index in [2.05, 4.69) is 5.32 Å². The van der Waals surface area contributed by atoms with Gasteiger partial charge in [0, 0.05) is 26.0 Å². The molecule has 0 atom stereocenters. The van der Waals surface area contributed by atoms with Crippen LogP contribution in [0, 0.1) is 11.3 Å². The first-order valence-electron chi connectivity index (χ1n) is 6.81. The third-order valence-corrected chi connectivity index (χ3v) is 2.81. The first kappa shape index (κ1) is 17.2. The quantitative estimate of drug-likeness (QED) is 0.491. The number of nitriles is 1. The maximum Gasteiger partial charge on any atom is 0.350 e. The Balaban J connectivity index is 2.70. The van der Waals surface area contributed by atoms with E-state index in [1.165, 1.54) is 11.1 Å². The van der Waals surface area contributed by atoms with Crippen LogP contribution in [0.15, 0.2) is 36.0 Å². The lowest BCUT2D eigenvalue weighted by atomic mass is 10.1. The maximum atomic E-state index is 11.6. The maximum absolute atomic E-state index is 11.6. The lowest BCUT2D eigenvalue weighted by Crippen LogP contribution is -2.23. The molecule has 1 aromatic rings. The number of hydrogen-bond donors (Lipinski definition) is 1. The number of amides is 1. The largest absolute Gasteiger partial charge is 0.462 e. The molecule has 0 aliphatic heterocycles. The zero-order chi connectivity index (χ0) is 16.5. The van der Waals surface area contributed by atoms with Crippen LogP contribution in [-0.4, -0.2) is 37.5 Å². The zero-order valence-corrected chi connectivity index (χ0v) is 12.9. The van der Waals surface area contributed by atoms with Crippen LogP contribution in [0.2, 0.25) is 0 Å². The molecule has 6 nitrogen and oxygen atoms in total. The van der Waals surface area contributed by atoms with Crippen LogP contribution >= 0.6 is 0 Å². The Morgan fingerprint density at radius 3 is 2.45 bits per heavy atom. The van der Waals surface area contributed by atoms with Gasteiger partial charge in [-0.2, -0.15) is 5.26 Å². The van der Waals surface area contributed by atoms with Gasteiger partial charge in [-0.05, 0) is 24.6 Å². The average Bonchev–Trinajstić information content (AvgIpc) is 2.49. The first-order chi connectivity index (χ1) is 10.5. The summed E-state index contributed by atoms with van der Waals surface area (Å²) in [6.07, 6.45) is 1.63. The van der Waals surface area contributed by atoms with E-state index in [4.69, 9.17) is 10.00 Å². The Kier molecular flexibility index (Phi) is 6.64. The fraction of sp³-hybridized carbons (Fsp3) is 0.312. The highest BCUT2D eigenvalue weighted by atomic mass is 16.5. The summed E-state index contributed by atoms with van der Waals surface area (Å²) in [6.45, 7) is 1.89. The molecule has 0 radical (unpaired) electrons. The van der Waals surface area contributed by atoms with Crippen molar-refractivity contribution in [1.82, 2.24) is 4.90 Å². The SMILES string of the molecule is CCOC(=O)/C(C#N)=C\Nc1ccc(CC(=O)N(C)C)cc1. The van der Waals surface area contributed by atoms with Crippen molar-refractivity contribution < 1.29 is 14.3 Å². The van der Waals surface area contributed by atoms with Gasteiger partial charge in [0.25, 0.3) is 0 Å². The van der Waals surface area contributed by atoms with Gasteiger partial charge >= 0.3 is 5.97 Å². The predicted molar refractivity (Wildman–Crippen MR) is 82.8 cm³/mol. The zero-order valence-electron chi connectivity index (χ0n) is 12.9. The van der Waals surface area contributed by atoms with Crippen LogP contribution in [0.3, 0.4) is 0 Å². The Morgan fingerprint density at radius 1 is 1.32 bits per heavy atom. The van der Waals surface area contributed by atoms with E-state index in [1.807, 2.05) is 12.1 Å². The van der Waals surface area contributed by atoms with Gasteiger partial charge in [-0.25, -0.2) is 4.79 Å². The lowest BCUT2D eigenvalue weighted by molar-refractivity contribution is -0.138. The molecule has 0 spiro atoms. The van der Waals surface area contributed by atoms with E-state index in [9.17, 15) is 9.59 Å². The molecule has 1 N–H and O–H groups in total. The smallest absolute Gasteiger partial charge is 0.350 e. The molecule has 22 heavy (non-hydrogen) atoms. The van der Waals surface area contributed by atoms with Crippen molar-refractivity contribution in [2.75, 3.05) is 26.0 Å². The van der Waals surface area contributed by atoms with E-state index < -0.39 is 5.97 Å². The number of rotatable bonds is 6. The molecule has 0 bridgehead atoms. The summed E-state index contributed by atoms with van der Waals surface area (Å²) in [4.78, 5) is 24.6. The van der Waals surface area contributed by atoms with E-state index in [0.717, 1.165) is 5.56 Å². The van der Waals surface area contributed by atoms with Crippen LogP contribution < -0.4 is 5.32 Å². The van der Waals surface area contributed by atoms with Gasteiger partial charge in [-0.3, -0.25) is 4.79 Å². The van der Waals surface area contributed by atoms with E-state index in [-0.39, 0.29) is 18.1 Å². The molecule has 0 aliphatic carbocycles. The number of hydrogen-bond acceptors (Lipinski definition) is 5. The van der Waals surface area contributed by atoms with Crippen molar-refractivity contribution in [2.24, 2.45) is 0 Å². The minimum atomic E-state index is -0.661. The van der Waals surface area contributed by atoms with Gasteiger partial charge in [-0.15, -0.1) is 0 Å². The standard InChI is InChI=1S/C16H19N3O3/c1-4-22-16(21)13(10-17)11-18-14-7-5-12(6-8-14)9-15(20)19(2)3/h5-8,11,18H,4,9H2,1-3H3/b13-11-. The molecule has 0 fully saturated rings. The van der Waals surface area contributed by atoms with Crippen LogP contribution in [0.4, 0.5) is 5.69 Å². The third-order valence-electron chi connectivity index (χ3n) is 2.81. The van der Waals surface area contributed by atoms with Crippen molar-refractivity contribution in [3.8, 4) is 6.07 Å². The molecule has 0 heterocycles. The van der Waals surface area contributed by atoms with Crippen molar-refractivity contribution >= 4 is 17.6 Å². The topological polar surface area (TPSA) is 82.4 Å². The summed E-state index contributed by atoms with van der Waals surface area (Å²) >= 11 is 0. The molecule has 0 saturated heterocycles. The summed E-state index contributed by atoms with van der Waals surface area (Å²) in [5.41, 5.74) is 1.49. The molecular formula is C16H19N3O3. The summed E-state index contributed by atoms with van der Waals surface area (Å²) in [5, 5.41) is 11.8. The molecular weight excluding hydrogens is 282 g/mol. The van der Waals surface area contributed by atoms with Gasteiger partial charge in [-0.1, -0.05) is 12.1 Å². The molecule has 1 rings (SSSR count). The van der Waals surface area contributed by atoms with E-state index in [1.54, 1.807) is 39.2 Å². The van der Waals surface area contributed by atoms with Gasteiger partial charge < -0.3 is 15.0 Å². The molecule has 0 saturated carbocycles. The number of esters is 1. The Morgan fingerprint density at radius 2 is 1.95 bits per heavy atom. The van der Waals surface area contributed by atoms with Gasteiger partial charge in [0.2, 0.25) is 5.91 Å². The number of anilines is 1. The van der Waals surface area contributed by atoms with Crippen LogP contribution in [-0.2, 0) is 20.7 Å². The molecule has 6 heteroatoms. The molecule has 116 valence electrons. The highest BCUT2D eigenvalue weighted by Gasteiger charge is 2.09. The summed E-state index contributed by atoms with van der Waals surface area (Å²) in [5.74, 6) is -0.639. The summed E-state index contributed by atoms with van der Waals surface area (Å²) in [7, 11) is 3.42. The lowest BCUT2D eigenvalue weighted by Gasteiger charge is -2.10. The normalized spacial score (nSPS) is 10.5. The highest BCUT2D eigenvalue weighted by Crippen LogP contribution is 2.11. The number of benzene rings is 1. The first-order valence-corrected chi connectivity index (χ1v) is 6.81. The number of nitrogens with one attached hydrogen (secondary N) is 1. The number of carbonyl (C=O) groups excluding carboxylic acids is 2. The Labute approximate surface area is 130 Å².